The Morgan fingerprint density at radius 2 is 1.78 bits per heavy atom. The Labute approximate surface area is 207 Å². The van der Waals surface area contributed by atoms with Crippen LogP contribution < -0.4 is 20.9 Å². The van der Waals surface area contributed by atoms with E-state index in [4.69, 9.17) is 4.74 Å². The highest BCUT2D eigenvalue weighted by Crippen LogP contribution is 2.26. The Hall–Kier alpha value is -4.58. The fraction of sp³-hybridized carbons (Fsp3) is 0.259. The summed E-state index contributed by atoms with van der Waals surface area (Å²) in [6, 6.07) is 15.8. The summed E-state index contributed by atoms with van der Waals surface area (Å²) in [7, 11) is 1.55. The lowest BCUT2D eigenvalue weighted by atomic mass is 10.0. The Kier molecular flexibility index (Phi) is 7.06. The summed E-state index contributed by atoms with van der Waals surface area (Å²) < 4.78 is 5.35. The van der Waals surface area contributed by atoms with Gasteiger partial charge in [0.2, 0.25) is 5.91 Å². The van der Waals surface area contributed by atoms with Gasteiger partial charge in [-0.25, -0.2) is 0 Å². The molecule has 4 N–H and O–H groups in total. The average Bonchev–Trinajstić information content (AvgIpc) is 3.31. The van der Waals surface area contributed by atoms with Crippen LogP contribution in [0.15, 0.2) is 59.4 Å². The second-order valence-electron chi connectivity index (χ2n) is 8.97. The average molecular weight is 486 g/mol. The van der Waals surface area contributed by atoms with Gasteiger partial charge in [-0.3, -0.25) is 14.4 Å². The number of amides is 2. The van der Waals surface area contributed by atoms with E-state index in [-0.39, 0.29) is 17.2 Å². The third-order valence-electron chi connectivity index (χ3n) is 5.93. The van der Waals surface area contributed by atoms with Gasteiger partial charge in [-0.15, -0.1) is 0 Å². The summed E-state index contributed by atoms with van der Waals surface area (Å²) in [6.07, 6.45) is 0.341. The molecule has 2 aromatic heterocycles. The van der Waals surface area contributed by atoms with E-state index in [0.717, 1.165) is 16.3 Å². The van der Waals surface area contributed by atoms with E-state index in [1.54, 1.807) is 37.4 Å². The van der Waals surface area contributed by atoms with Crippen LogP contribution in [0.25, 0.3) is 21.8 Å². The summed E-state index contributed by atoms with van der Waals surface area (Å²) in [5.74, 6) is -0.318. The van der Waals surface area contributed by atoms with Crippen molar-refractivity contribution in [3.63, 3.8) is 0 Å². The Bertz CT molecular complexity index is 1530. The molecule has 2 aromatic carbocycles. The molecule has 0 radical (unpaired) electrons. The second-order valence-corrected chi connectivity index (χ2v) is 8.97. The lowest BCUT2D eigenvalue weighted by Gasteiger charge is -2.21. The smallest absolute Gasteiger partial charge is 0.268 e. The highest BCUT2D eigenvalue weighted by Gasteiger charge is 2.27. The Morgan fingerprint density at radius 1 is 1.03 bits per heavy atom. The van der Waals surface area contributed by atoms with Gasteiger partial charge >= 0.3 is 0 Å². The van der Waals surface area contributed by atoms with E-state index >= 15 is 0 Å². The molecule has 2 amide bonds. The van der Waals surface area contributed by atoms with Crippen LogP contribution in [0.5, 0.6) is 5.75 Å². The molecular weight excluding hydrogens is 458 g/mol. The van der Waals surface area contributed by atoms with Gasteiger partial charge in [-0.2, -0.15) is 5.26 Å². The first-order valence-corrected chi connectivity index (χ1v) is 11.6. The number of fused-ring (bicyclic) bond motifs is 2. The first kappa shape index (κ1) is 24.5. The topological polar surface area (TPSA) is 140 Å². The van der Waals surface area contributed by atoms with Crippen molar-refractivity contribution in [3.8, 4) is 11.8 Å². The molecule has 2 atom stereocenters. The molecule has 36 heavy (non-hydrogen) atoms. The van der Waals surface area contributed by atoms with Crippen LogP contribution in [0.3, 0.4) is 0 Å². The van der Waals surface area contributed by atoms with Gasteiger partial charge in [-0.05, 0) is 48.1 Å². The van der Waals surface area contributed by atoms with Crippen molar-refractivity contribution >= 4 is 33.6 Å². The van der Waals surface area contributed by atoms with Gasteiger partial charge in [-0.1, -0.05) is 38.1 Å². The Balaban J connectivity index is 1.57. The maximum atomic E-state index is 13.2. The third kappa shape index (κ3) is 5.08. The van der Waals surface area contributed by atoms with Crippen molar-refractivity contribution in [2.45, 2.75) is 32.4 Å². The number of carbonyl (C=O) groups is 2. The lowest BCUT2D eigenvalue weighted by Crippen LogP contribution is -2.48. The molecule has 0 saturated carbocycles. The van der Waals surface area contributed by atoms with Crippen LogP contribution in [0, 0.1) is 17.2 Å². The summed E-state index contributed by atoms with van der Waals surface area (Å²) in [5.41, 5.74) is 1.30. The summed E-state index contributed by atoms with van der Waals surface area (Å²) >= 11 is 0. The first-order chi connectivity index (χ1) is 17.3. The number of nitrogens with zero attached hydrogens (tertiary/aromatic N) is 1. The maximum absolute atomic E-state index is 13.2. The molecule has 0 aliphatic carbocycles. The summed E-state index contributed by atoms with van der Waals surface area (Å²) in [5, 5.41) is 16.6. The number of rotatable bonds is 8. The van der Waals surface area contributed by atoms with E-state index in [2.05, 4.69) is 20.6 Å². The number of benzene rings is 2. The van der Waals surface area contributed by atoms with E-state index in [1.807, 2.05) is 44.2 Å². The first-order valence-electron chi connectivity index (χ1n) is 11.6. The lowest BCUT2D eigenvalue weighted by molar-refractivity contribution is -0.123. The molecule has 0 fully saturated rings. The fourth-order valence-electron chi connectivity index (χ4n) is 4.17. The molecular formula is C27H27N5O4. The zero-order chi connectivity index (χ0) is 25.8. The molecule has 0 saturated heterocycles. The number of nitrogens with one attached hydrogen (secondary N) is 4. The van der Waals surface area contributed by atoms with Crippen LogP contribution >= 0.6 is 0 Å². The minimum absolute atomic E-state index is 0.0773. The predicted octanol–water partition coefficient (Wildman–Crippen LogP) is 3.54. The minimum Gasteiger partial charge on any atom is -0.496 e. The number of para-hydroxylation sites is 1. The monoisotopic (exact) mass is 485 g/mol. The van der Waals surface area contributed by atoms with Crippen molar-refractivity contribution < 1.29 is 14.3 Å². The van der Waals surface area contributed by atoms with Crippen LogP contribution in [0.2, 0.25) is 0 Å². The van der Waals surface area contributed by atoms with Crippen LogP contribution in [0.1, 0.15) is 42.4 Å². The number of aromatic amines is 2. The molecule has 4 aromatic rings. The quantitative estimate of drug-likeness (QED) is 0.302. The van der Waals surface area contributed by atoms with Gasteiger partial charge in [0.15, 0.2) is 0 Å². The van der Waals surface area contributed by atoms with Crippen LogP contribution in [0.4, 0.5) is 0 Å². The molecule has 2 heterocycles. The van der Waals surface area contributed by atoms with E-state index in [9.17, 15) is 19.6 Å². The van der Waals surface area contributed by atoms with Crippen LogP contribution in [-0.4, -0.2) is 34.9 Å². The molecule has 4 rings (SSSR count). The van der Waals surface area contributed by atoms with Crippen molar-refractivity contribution in [2.75, 3.05) is 7.11 Å². The number of methoxy groups -OCH3 is 1. The number of ether oxygens (including phenoxy) is 1. The summed E-state index contributed by atoms with van der Waals surface area (Å²) in [6.45, 7) is 3.85. The number of hydrogen-bond acceptors (Lipinski definition) is 5. The highest BCUT2D eigenvalue weighted by atomic mass is 16.5. The molecule has 0 aliphatic rings. The van der Waals surface area contributed by atoms with E-state index in [0.29, 0.717) is 17.7 Å². The molecule has 1 unspecified atom stereocenters. The number of carbonyl (C=O) groups excluding carboxylic acids is 2. The van der Waals surface area contributed by atoms with Gasteiger partial charge in [0.25, 0.3) is 11.5 Å². The highest BCUT2D eigenvalue weighted by molar-refractivity contribution is 6.01. The number of H-pyrrole nitrogens is 2. The number of hydrogen-bond donors (Lipinski definition) is 4. The fourth-order valence-corrected chi connectivity index (χ4v) is 4.17. The summed E-state index contributed by atoms with van der Waals surface area (Å²) in [4.78, 5) is 44.7. The number of aromatic nitrogens is 2. The van der Waals surface area contributed by atoms with Gasteiger partial charge in [0.05, 0.1) is 18.7 Å². The largest absolute Gasteiger partial charge is 0.496 e. The molecule has 0 aliphatic heterocycles. The van der Waals surface area contributed by atoms with E-state index in [1.165, 1.54) is 0 Å². The molecule has 9 heteroatoms. The zero-order valence-corrected chi connectivity index (χ0v) is 20.2. The second kappa shape index (κ2) is 10.4. The van der Waals surface area contributed by atoms with Gasteiger partial charge in [0.1, 0.15) is 23.5 Å². The molecule has 0 spiro atoms. The number of nitriles is 1. The van der Waals surface area contributed by atoms with E-state index < -0.39 is 29.5 Å². The normalized spacial score (nSPS) is 12.8. The predicted molar refractivity (Wildman–Crippen MR) is 137 cm³/mol. The molecule has 184 valence electrons. The van der Waals surface area contributed by atoms with Gasteiger partial charge < -0.3 is 25.3 Å². The Morgan fingerprint density at radius 3 is 2.50 bits per heavy atom. The van der Waals surface area contributed by atoms with Crippen molar-refractivity contribution in [1.82, 2.24) is 20.6 Å². The van der Waals surface area contributed by atoms with Crippen LogP contribution in [-0.2, 0) is 4.79 Å². The van der Waals surface area contributed by atoms with Crippen molar-refractivity contribution in [3.05, 3.63) is 76.2 Å². The molecule has 9 nitrogen and oxygen atoms in total. The SMILES string of the molecule is COc1cccc2[nH]c(C(=O)N[C@@H](CC(C)C)C(=O)NC(C#N)c3cc4ccccc4[nH]c3=O)cc12. The van der Waals surface area contributed by atoms with Crippen molar-refractivity contribution in [2.24, 2.45) is 5.92 Å². The standard InChI is InChI=1S/C27H27N5O4/c1-15(2)11-21(31-27(35)22-13-17-20(29-22)9-6-10-24(17)36-3)26(34)32-23(14-28)18-12-16-7-4-5-8-19(16)30-25(18)33/h4-10,12-13,15,21,23,29H,11H2,1-3H3,(H,30,33)(H,31,35)(H,32,34)/t21-,23?/m0/s1. The third-order valence-corrected chi connectivity index (χ3v) is 5.93. The maximum Gasteiger partial charge on any atom is 0.268 e. The zero-order valence-electron chi connectivity index (χ0n) is 20.2. The van der Waals surface area contributed by atoms with Gasteiger partial charge in [0, 0.05) is 16.4 Å². The number of pyridine rings is 1. The van der Waals surface area contributed by atoms with Crippen molar-refractivity contribution in [1.29, 1.82) is 5.26 Å². The minimum atomic E-state index is -1.19. The molecule has 0 bridgehead atoms.